The minimum atomic E-state index is 0.712. The van der Waals surface area contributed by atoms with Gasteiger partial charge in [0.25, 0.3) is 0 Å². The number of rotatable bonds is 7. The van der Waals surface area contributed by atoms with Crippen LogP contribution in [0.25, 0.3) is 0 Å². The standard InChI is InChI=1S/C13H26N2S/c1-4-10-16-11-7-14-13-5-8-15(9-6-13)12(2)3/h4,12-14H,1,5-11H2,2-3H3. The van der Waals surface area contributed by atoms with Crippen LogP contribution in [0.15, 0.2) is 12.7 Å². The molecule has 0 saturated carbocycles. The van der Waals surface area contributed by atoms with E-state index in [-0.39, 0.29) is 0 Å². The molecule has 0 spiro atoms. The van der Waals surface area contributed by atoms with Crippen LogP contribution >= 0.6 is 11.8 Å². The second kappa shape index (κ2) is 8.15. The van der Waals surface area contributed by atoms with Crippen LogP contribution in [-0.2, 0) is 0 Å². The number of nitrogens with one attached hydrogen (secondary N) is 1. The fraction of sp³-hybridized carbons (Fsp3) is 0.846. The predicted molar refractivity (Wildman–Crippen MR) is 75.3 cm³/mol. The Morgan fingerprint density at radius 2 is 2.12 bits per heavy atom. The van der Waals surface area contributed by atoms with Crippen LogP contribution in [0.1, 0.15) is 26.7 Å². The second-order valence-corrected chi connectivity index (χ2v) is 5.87. The lowest BCUT2D eigenvalue weighted by Gasteiger charge is -2.35. The first kappa shape index (κ1) is 14.1. The lowest BCUT2D eigenvalue weighted by atomic mass is 10.0. The highest BCUT2D eigenvalue weighted by Gasteiger charge is 2.19. The largest absolute Gasteiger partial charge is 0.313 e. The fourth-order valence-electron chi connectivity index (χ4n) is 2.12. The summed E-state index contributed by atoms with van der Waals surface area (Å²) in [4.78, 5) is 2.57. The number of thioether (sulfide) groups is 1. The average molecular weight is 242 g/mol. The maximum Gasteiger partial charge on any atom is 0.0111 e. The normalized spacial score (nSPS) is 19.2. The second-order valence-electron chi connectivity index (χ2n) is 4.72. The summed E-state index contributed by atoms with van der Waals surface area (Å²) in [6.07, 6.45) is 4.60. The van der Waals surface area contributed by atoms with Crippen molar-refractivity contribution in [3.05, 3.63) is 12.7 Å². The Balaban J connectivity index is 2.01. The van der Waals surface area contributed by atoms with E-state index in [2.05, 4.69) is 30.6 Å². The third-order valence-corrected chi connectivity index (χ3v) is 4.14. The number of hydrogen-bond donors (Lipinski definition) is 1. The molecule has 0 unspecified atom stereocenters. The van der Waals surface area contributed by atoms with E-state index in [9.17, 15) is 0 Å². The van der Waals surface area contributed by atoms with Crippen molar-refractivity contribution >= 4 is 11.8 Å². The summed E-state index contributed by atoms with van der Waals surface area (Å²) in [7, 11) is 0. The van der Waals surface area contributed by atoms with Gasteiger partial charge in [-0.25, -0.2) is 0 Å². The Kier molecular flexibility index (Phi) is 7.17. The Labute approximate surface area is 105 Å². The van der Waals surface area contributed by atoms with Crippen LogP contribution in [0.4, 0.5) is 0 Å². The number of piperidine rings is 1. The van der Waals surface area contributed by atoms with Gasteiger partial charge in [-0.15, -0.1) is 6.58 Å². The molecule has 1 fully saturated rings. The van der Waals surface area contributed by atoms with Crippen molar-refractivity contribution in [2.45, 2.75) is 38.8 Å². The van der Waals surface area contributed by atoms with Crippen LogP contribution in [0.5, 0.6) is 0 Å². The molecule has 0 aliphatic carbocycles. The van der Waals surface area contributed by atoms with Gasteiger partial charge in [0.15, 0.2) is 0 Å². The van der Waals surface area contributed by atoms with Crippen molar-refractivity contribution in [3.8, 4) is 0 Å². The molecular weight excluding hydrogens is 216 g/mol. The number of hydrogen-bond acceptors (Lipinski definition) is 3. The Morgan fingerprint density at radius 3 is 2.69 bits per heavy atom. The molecule has 1 aliphatic rings. The predicted octanol–water partition coefficient (Wildman–Crippen LogP) is 2.37. The van der Waals surface area contributed by atoms with E-state index < -0.39 is 0 Å². The van der Waals surface area contributed by atoms with Gasteiger partial charge in [-0.2, -0.15) is 11.8 Å². The van der Waals surface area contributed by atoms with Gasteiger partial charge in [-0.05, 0) is 39.8 Å². The molecule has 1 saturated heterocycles. The highest BCUT2D eigenvalue weighted by Crippen LogP contribution is 2.12. The third-order valence-electron chi connectivity index (χ3n) is 3.17. The highest BCUT2D eigenvalue weighted by molar-refractivity contribution is 7.99. The Morgan fingerprint density at radius 1 is 1.44 bits per heavy atom. The quantitative estimate of drug-likeness (QED) is 0.545. The molecule has 0 radical (unpaired) electrons. The zero-order valence-electron chi connectivity index (χ0n) is 10.7. The number of nitrogens with zero attached hydrogens (tertiary/aromatic N) is 1. The first-order valence-corrected chi connectivity index (χ1v) is 7.55. The molecule has 2 nitrogen and oxygen atoms in total. The molecule has 16 heavy (non-hydrogen) atoms. The molecule has 0 bridgehead atoms. The van der Waals surface area contributed by atoms with E-state index in [1.54, 1.807) is 0 Å². The zero-order chi connectivity index (χ0) is 11.8. The van der Waals surface area contributed by atoms with Crippen molar-refractivity contribution in [1.82, 2.24) is 10.2 Å². The number of likely N-dealkylation sites (tertiary alicyclic amines) is 1. The van der Waals surface area contributed by atoms with E-state index >= 15 is 0 Å². The summed E-state index contributed by atoms with van der Waals surface area (Å²) < 4.78 is 0. The molecule has 1 heterocycles. The minimum Gasteiger partial charge on any atom is -0.313 e. The Bertz CT molecular complexity index is 186. The van der Waals surface area contributed by atoms with Crippen molar-refractivity contribution in [1.29, 1.82) is 0 Å². The first-order chi connectivity index (χ1) is 7.74. The summed E-state index contributed by atoms with van der Waals surface area (Å²) in [6.45, 7) is 12.0. The van der Waals surface area contributed by atoms with Gasteiger partial charge < -0.3 is 10.2 Å². The van der Waals surface area contributed by atoms with E-state index in [1.807, 2.05) is 17.8 Å². The van der Waals surface area contributed by atoms with Crippen LogP contribution < -0.4 is 5.32 Å². The van der Waals surface area contributed by atoms with Gasteiger partial charge in [0.1, 0.15) is 0 Å². The molecule has 3 heteroatoms. The van der Waals surface area contributed by atoms with E-state index in [0.717, 1.165) is 18.3 Å². The van der Waals surface area contributed by atoms with Crippen LogP contribution in [0, 0.1) is 0 Å². The topological polar surface area (TPSA) is 15.3 Å². The maximum atomic E-state index is 3.73. The lowest BCUT2D eigenvalue weighted by molar-refractivity contribution is 0.162. The molecule has 0 aromatic rings. The van der Waals surface area contributed by atoms with Gasteiger partial charge in [-0.3, -0.25) is 0 Å². The summed E-state index contributed by atoms with van der Waals surface area (Å²) in [5, 5.41) is 3.66. The first-order valence-electron chi connectivity index (χ1n) is 6.40. The van der Waals surface area contributed by atoms with Crippen molar-refractivity contribution < 1.29 is 0 Å². The van der Waals surface area contributed by atoms with Gasteiger partial charge in [-0.1, -0.05) is 6.08 Å². The van der Waals surface area contributed by atoms with Crippen LogP contribution in [-0.4, -0.2) is 48.1 Å². The fourth-order valence-corrected chi connectivity index (χ4v) is 2.72. The van der Waals surface area contributed by atoms with Gasteiger partial charge in [0.05, 0.1) is 0 Å². The summed E-state index contributed by atoms with van der Waals surface area (Å²) in [6, 6.07) is 1.46. The van der Waals surface area contributed by atoms with Gasteiger partial charge in [0, 0.05) is 30.1 Å². The minimum absolute atomic E-state index is 0.712. The van der Waals surface area contributed by atoms with Crippen LogP contribution in [0.3, 0.4) is 0 Å². The SMILES string of the molecule is C=CCSCCNC1CCN(C(C)C)CC1. The third kappa shape index (κ3) is 5.37. The zero-order valence-corrected chi connectivity index (χ0v) is 11.6. The summed E-state index contributed by atoms with van der Waals surface area (Å²) >= 11 is 1.96. The smallest absolute Gasteiger partial charge is 0.0111 e. The maximum absolute atomic E-state index is 3.73. The molecule has 94 valence electrons. The summed E-state index contributed by atoms with van der Waals surface area (Å²) in [5.41, 5.74) is 0. The molecule has 1 N–H and O–H groups in total. The van der Waals surface area contributed by atoms with Gasteiger partial charge in [0.2, 0.25) is 0 Å². The van der Waals surface area contributed by atoms with Crippen molar-refractivity contribution in [2.24, 2.45) is 0 Å². The molecule has 0 atom stereocenters. The van der Waals surface area contributed by atoms with Crippen molar-refractivity contribution in [3.63, 3.8) is 0 Å². The molecule has 0 amide bonds. The van der Waals surface area contributed by atoms with Crippen LogP contribution in [0.2, 0.25) is 0 Å². The van der Waals surface area contributed by atoms with E-state index in [4.69, 9.17) is 0 Å². The molecule has 1 aliphatic heterocycles. The van der Waals surface area contributed by atoms with Crippen molar-refractivity contribution in [2.75, 3.05) is 31.1 Å². The molecule has 1 rings (SSSR count). The monoisotopic (exact) mass is 242 g/mol. The summed E-state index contributed by atoms with van der Waals surface area (Å²) in [5.74, 6) is 2.28. The van der Waals surface area contributed by atoms with Gasteiger partial charge >= 0.3 is 0 Å². The average Bonchev–Trinajstić information content (AvgIpc) is 2.29. The highest BCUT2D eigenvalue weighted by atomic mass is 32.2. The Hall–Kier alpha value is 0.01000. The van der Waals surface area contributed by atoms with E-state index in [0.29, 0.717) is 6.04 Å². The lowest BCUT2D eigenvalue weighted by Crippen LogP contribution is -2.45. The van der Waals surface area contributed by atoms with E-state index in [1.165, 1.54) is 31.7 Å². The molecular formula is C13H26N2S. The molecule has 0 aromatic carbocycles. The molecule has 0 aromatic heterocycles.